The fourth-order valence-corrected chi connectivity index (χ4v) is 2.01. The third-order valence-electron chi connectivity index (χ3n) is 3.20. The normalized spacial score (nSPS) is 10.7. The van der Waals surface area contributed by atoms with Crippen molar-refractivity contribution >= 4 is 5.97 Å². The summed E-state index contributed by atoms with van der Waals surface area (Å²) in [5.41, 5.74) is 1.24. The Morgan fingerprint density at radius 3 is 2.63 bits per heavy atom. The van der Waals surface area contributed by atoms with Crippen LogP contribution in [-0.2, 0) is 6.54 Å². The molecular weight excluding hydrogens is 242 g/mol. The van der Waals surface area contributed by atoms with Crippen LogP contribution in [0.1, 0.15) is 42.6 Å². The van der Waals surface area contributed by atoms with E-state index in [1.54, 1.807) is 25.3 Å². The number of rotatable bonds is 8. The molecule has 1 N–H and O–H groups in total. The second-order valence-corrected chi connectivity index (χ2v) is 4.55. The van der Waals surface area contributed by atoms with Gasteiger partial charge in [0.25, 0.3) is 0 Å². The average Bonchev–Trinajstić information content (AvgIpc) is 2.43. The summed E-state index contributed by atoms with van der Waals surface area (Å²) in [5, 5.41) is 9.05. The minimum atomic E-state index is -0.902. The highest BCUT2D eigenvalue weighted by atomic mass is 16.5. The molecule has 0 bridgehead atoms. The smallest absolute Gasteiger partial charge is 0.335 e. The third kappa shape index (κ3) is 4.56. The standard InChI is InChI=1S/C15H23NO3/c1-4-6-9-16(5-2)11-13-10-12(15(17)18)7-8-14(13)19-3/h7-8,10H,4-6,9,11H2,1-3H3,(H,17,18). The molecule has 1 aromatic carbocycles. The van der Waals surface area contributed by atoms with E-state index in [4.69, 9.17) is 9.84 Å². The van der Waals surface area contributed by atoms with E-state index in [1.807, 2.05) is 0 Å². The van der Waals surface area contributed by atoms with E-state index in [2.05, 4.69) is 18.7 Å². The number of carboxylic acids is 1. The molecule has 0 fully saturated rings. The van der Waals surface area contributed by atoms with Gasteiger partial charge in [0, 0.05) is 12.1 Å². The number of ether oxygens (including phenoxy) is 1. The molecule has 0 amide bonds. The first-order valence-electron chi connectivity index (χ1n) is 6.74. The Labute approximate surface area is 115 Å². The quantitative estimate of drug-likeness (QED) is 0.785. The van der Waals surface area contributed by atoms with Crippen LogP contribution >= 0.6 is 0 Å². The highest BCUT2D eigenvalue weighted by Gasteiger charge is 2.11. The summed E-state index contributed by atoms with van der Waals surface area (Å²) in [6.45, 7) is 6.97. The van der Waals surface area contributed by atoms with Gasteiger partial charge in [0.05, 0.1) is 12.7 Å². The van der Waals surface area contributed by atoms with Gasteiger partial charge in [0.2, 0.25) is 0 Å². The molecule has 0 aliphatic heterocycles. The number of hydrogen-bond donors (Lipinski definition) is 1. The maximum absolute atomic E-state index is 11.0. The van der Waals surface area contributed by atoms with Crippen molar-refractivity contribution in [2.45, 2.75) is 33.2 Å². The molecule has 19 heavy (non-hydrogen) atoms. The predicted octanol–water partition coefficient (Wildman–Crippen LogP) is 3.02. The number of benzene rings is 1. The molecule has 0 atom stereocenters. The van der Waals surface area contributed by atoms with Crippen LogP contribution in [0.3, 0.4) is 0 Å². The van der Waals surface area contributed by atoms with Crippen LogP contribution in [0.5, 0.6) is 5.75 Å². The summed E-state index contributed by atoms with van der Waals surface area (Å²) in [6, 6.07) is 5.01. The van der Waals surface area contributed by atoms with E-state index in [1.165, 1.54) is 0 Å². The third-order valence-corrected chi connectivity index (χ3v) is 3.20. The van der Waals surface area contributed by atoms with E-state index in [0.717, 1.165) is 43.8 Å². The van der Waals surface area contributed by atoms with Crippen LogP contribution < -0.4 is 4.74 Å². The van der Waals surface area contributed by atoms with E-state index < -0.39 is 5.97 Å². The number of carboxylic acid groups (broad SMARTS) is 1. The second-order valence-electron chi connectivity index (χ2n) is 4.55. The SMILES string of the molecule is CCCCN(CC)Cc1cc(C(=O)O)ccc1OC. The molecule has 106 valence electrons. The van der Waals surface area contributed by atoms with Gasteiger partial charge in [-0.15, -0.1) is 0 Å². The lowest BCUT2D eigenvalue weighted by atomic mass is 10.1. The Bertz CT molecular complexity index is 418. The van der Waals surface area contributed by atoms with Gasteiger partial charge in [0.15, 0.2) is 0 Å². The maximum atomic E-state index is 11.0. The Morgan fingerprint density at radius 2 is 2.11 bits per heavy atom. The molecule has 1 aromatic rings. The lowest BCUT2D eigenvalue weighted by Crippen LogP contribution is -2.24. The van der Waals surface area contributed by atoms with Gasteiger partial charge in [-0.2, -0.15) is 0 Å². The van der Waals surface area contributed by atoms with Crippen LogP contribution in [0.2, 0.25) is 0 Å². The maximum Gasteiger partial charge on any atom is 0.335 e. The van der Waals surface area contributed by atoms with Crippen molar-refractivity contribution in [2.24, 2.45) is 0 Å². The molecule has 0 spiro atoms. The Hall–Kier alpha value is -1.55. The zero-order valence-electron chi connectivity index (χ0n) is 12.0. The van der Waals surface area contributed by atoms with E-state index in [0.29, 0.717) is 5.56 Å². The minimum Gasteiger partial charge on any atom is -0.496 e. The first-order valence-corrected chi connectivity index (χ1v) is 6.74. The van der Waals surface area contributed by atoms with Gasteiger partial charge in [-0.05, 0) is 37.7 Å². The lowest BCUT2D eigenvalue weighted by molar-refractivity contribution is 0.0696. The zero-order chi connectivity index (χ0) is 14.3. The molecule has 4 heteroatoms. The van der Waals surface area contributed by atoms with Gasteiger partial charge in [-0.3, -0.25) is 4.90 Å². The van der Waals surface area contributed by atoms with Gasteiger partial charge in [-0.25, -0.2) is 4.79 Å². The molecule has 0 aliphatic rings. The van der Waals surface area contributed by atoms with Crippen LogP contribution in [-0.4, -0.2) is 36.2 Å². The summed E-state index contributed by atoms with van der Waals surface area (Å²) in [4.78, 5) is 13.3. The van der Waals surface area contributed by atoms with Gasteiger partial charge in [-0.1, -0.05) is 20.3 Å². The highest BCUT2D eigenvalue weighted by molar-refractivity contribution is 5.88. The zero-order valence-corrected chi connectivity index (χ0v) is 12.0. The van der Waals surface area contributed by atoms with Gasteiger partial charge < -0.3 is 9.84 Å². The molecule has 0 unspecified atom stereocenters. The Balaban J connectivity index is 2.89. The van der Waals surface area contributed by atoms with E-state index in [9.17, 15) is 4.79 Å². The summed E-state index contributed by atoms with van der Waals surface area (Å²) >= 11 is 0. The Morgan fingerprint density at radius 1 is 1.37 bits per heavy atom. The monoisotopic (exact) mass is 265 g/mol. The van der Waals surface area contributed by atoms with Crippen molar-refractivity contribution in [3.8, 4) is 5.75 Å². The fourth-order valence-electron chi connectivity index (χ4n) is 2.01. The second kappa shape index (κ2) is 7.79. The highest BCUT2D eigenvalue weighted by Crippen LogP contribution is 2.22. The van der Waals surface area contributed by atoms with Crippen molar-refractivity contribution in [1.82, 2.24) is 4.90 Å². The largest absolute Gasteiger partial charge is 0.496 e. The first-order chi connectivity index (χ1) is 9.12. The molecule has 1 rings (SSSR count). The van der Waals surface area contributed by atoms with Crippen molar-refractivity contribution in [3.63, 3.8) is 0 Å². The number of nitrogens with zero attached hydrogens (tertiary/aromatic N) is 1. The predicted molar refractivity (Wildman–Crippen MR) is 75.8 cm³/mol. The molecule has 0 aromatic heterocycles. The molecular formula is C15H23NO3. The first kappa shape index (κ1) is 15.5. The lowest BCUT2D eigenvalue weighted by Gasteiger charge is -2.21. The average molecular weight is 265 g/mol. The van der Waals surface area contributed by atoms with Crippen molar-refractivity contribution in [1.29, 1.82) is 0 Å². The number of carbonyl (C=O) groups is 1. The summed E-state index contributed by atoms with van der Waals surface area (Å²) in [5.74, 6) is -0.152. The summed E-state index contributed by atoms with van der Waals surface area (Å²) in [6.07, 6.45) is 2.30. The molecule has 0 heterocycles. The minimum absolute atomic E-state index is 0.308. The van der Waals surface area contributed by atoms with Gasteiger partial charge >= 0.3 is 5.97 Å². The van der Waals surface area contributed by atoms with Crippen LogP contribution in [0, 0.1) is 0 Å². The van der Waals surface area contributed by atoms with Crippen LogP contribution in [0.25, 0.3) is 0 Å². The number of unbranched alkanes of at least 4 members (excludes halogenated alkanes) is 1. The fraction of sp³-hybridized carbons (Fsp3) is 0.533. The topological polar surface area (TPSA) is 49.8 Å². The summed E-state index contributed by atoms with van der Waals surface area (Å²) < 4.78 is 5.31. The van der Waals surface area contributed by atoms with Gasteiger partial charge in [0.1, 0.15) is 5.75 Å². The number of hydrogen-bond acceptors (Lipinski definition) is 3. The molecule has 0 radical (unpaired) electrons. The molecule has 0 saturated heterocycles. The number of methoxy groups -OCH3 is 1. The van der Waals surface area contributed by atoms with E-state index >= 15 is 0 Å². The van der Waals surface area contributed by atoms with E-state index in [-0.39, 0.29) is 0 Å². The van der Waals surface area contributed by atoms with Crippen molar-refractivity contribution in [2.75, 3.05) is 20.2 Å². The van der Waals surface area contributed by atoms with Crippen molar-refractivity contribution in [3.05, 3.63) is 29.3 Å². The van der Waals surface area contributed by atoms with Crippen LogP contribution in [0.15, 0.2) is 18.2 Å². The molecule has 0 aliphatic carbocycles. The summed E-state index contributed by atoms with van der Waals surface area (Å²) in [7, 11) is 1.61. The van der Waals surface area contributed by atoms with Crippen molar-refractivity contribution < 1.29 is 14.6 Å². The molecule has 4 nitrogen and oxygen atoms in total. The number of aromatic carboxylic acids is 1. The Kier molecular flexibility index (Phi) is 6.36. The molecule has 0 saturated carbocycles. The van der Waals surface area contributed by atoms with Crippen LogP contribution in [0.4, 0.5) is 0 Å².